The summed E-state index contributed by atoms with van der Waals surface area (Å²) in [5, 5.41) is 11.4. The first-order chi connectivity index (χ1) is 27.4. The lowest BCUT2D eigenvalue weighted by Crippen LogP contribution is -2.42. The molecule has 2 aromatic heterocycles. The van der Waals surface area contributed by atoms with Crippen molar-refractivity contribution in [2.45, 2.75) is 51.4 Å². The molecule has 5 heteroatoms. The van der Waals surface area contributed by atoms with E-state index in [1.165, 1.54) is 43.2 Å². The fourth-order valence-electron chi connectivity index (χ4n) is 10.1. The van der Waals surface area contributed by atoms with Gasteiger partial charge in [0.1, 0.15) is 11.2 Å². The minimum absolute atomic E-state index is 0.264. The zero-order valence-electron chi connectivity index (χ0n) is 31.7. The first kappa shape index (κ1) is 34.1. The lowest BCUT2D eigenvalue weighted by atomic mass is 9.54. The SMILES string of the molecule is C[C@@H]1CC2C[C@H](C)CC(c3ccc(-c4nc(-c5ccc(-c6ccccc6)cc5)nc(-c5cccc(-c6ccc7c(c6)oc6ccc(C#N)cc67)c5)n4)cc3)(C2)C1. The summed E-state index contributed by atoms with van der Waals surface area (Å²) in [5.41, 5.74) is 11.1. The predicted molar refractivity (Wildman–Crippen MR) is 226 cm³/mol. The molecule has 0 radical (unpaired) electrons. The second kappa shape index (κ2) is 13.7. The van der Waals surface area contributed by atoms with Crippen LogP contribution in [-0.4, -0.2) is 15.0 Å². The van der Waals surface area contributed by atoms with E-state index in [4.69, 9.17) is 19.4 Å². The van der Waals surface area contributed by atoms with Crippen LogP contribution in [0.25, 0.3) is 78.4 Å². The molecule has 2 saturated carbocycles. The molecule has 5 nitrogen and oxygen atoms in total. The third-order valence-corrected chi connectivity index (χ3v) is 12.3. The smallest absolute Gasteiger partial charge is 0.164 e. The highest BCUT2D eigenvalue weighted by atomic mass is 16.3. The second-order valence-electron chi connectivity index (χ2n) is 16.5. The van der Waals surface area contributed by atoms with Gasteiger partial charge in [-0.05, 0) is 119 Å². The van der Waals surface area contributed by atoms with E-state index in [1.54, 1.807) is 6.07 Å². The van der Waals surface area contributed by atoms with Crippen LogP contribution in [0.15, 0.2) is 144 Å². The zero-order valence-corrected chi connectivity index (χ0v) is 31.7. The van der Waals surface area contributed by atoms with Gasteiger partial charge in [0.25, 0.3) is 0 Å². The molecule has 4 atom stereocenters. The van der Waals surface area contributed by atoms with Crippen LogP contribution in [-0.2, 0) is 5.41 Å². The van der Waals surface area contributed by atoms with Crippen molar-refractivity contribution in [1.82, 2.24) is 15.0 Å². The number of hydrogen-bond acceptors (Lipinski definition) is 5. The van der Waals surface area contributed by atoms with Crippen LogP contribution in [0.2, 0.25) is 0 Å². The van der Waals surface area contributed by atoms with Crippen LogP contribution in [0.3, 0.4) is 0 Å². The van der Waals surface area contributed by atoms with Gasteiger partial charge >= 0.3 is 0 Å². The van der Waals surface area contributed by atoms with E-state index in [0.29, 0.717) is 23.0 Å². The molecule has 2 bridgehead atoms. The third-order valence-electron chi connectivity index (χ3n) is 12.3. The quantitative estimate of drug-likeness (QED) is 0.170. The molecule has 56 heavy (non-hydrogen) atoms. The molecule has 2 aliphatic carbocycles. The minimum atomic E-state index is 0.264. The molecule has 8 aromatic rings. The summed E-state index contributed by atoms with van der Waals surface area (Å²) in [7, 11) is 0. The van der Waals surface area contributed by atoms with Gasteiger partial charge in [-0.25, -0.2) is 15.0 Å². The van der Waals surface area contributed by atoms with Crippen LogP contribution in [0, 0.1) is 29.1 Å². The average molecular weight is 727 g/mol. The van der Waals surface area contributed by atoms with E-state index in [0.717, 1.165) is 73.1 Å². The van der Waals surface area contributed by atoms with Gasteiger partial charge in [-0.1, -0.05) is 117 Å². The molecule has 2 fully saturated rings. The van der Waals surface area contributed by atoms with Crippen molar-refractivity contribution in [2.24, 2.45) is 17.8 Å². The van der Waals surface area contributed by atoms with E-state index in [1.807, 2.05) is 18.2 Å². The van der Waals surface area contributed by atoms with Gasteiger partial charge in [0.2, 0.25) is 0 Å². The van der Waals surface area contributed by atoms with E-state index < -0.39 is 0 Å². The number of furan rings is 1. The summed E-state index contributed by atoms with van der Waals surface area (Å²) in [6.07, 6.45) is 6.59. The molecule has 0 N–H and O–H groups in total. The lowest BCUT2D eigenvalue weighted by molar-refractivity contribution is 0.0780. The van der Waals surface area contributed by atoms with Crippen LogP contribution in [0.5, 0.6) is 0 Å². The lowest BCUT2D eigenvalue weighted by Gasteiger charge is -2.50. The predicted octanol–water partition coefficient (Wildman–Crippen LogP) is 13.1. The maximum atomic E-state index is 9.45. The van der Waals surface area contributed by atoms with Crippen molar-refractivity contribution in [3.8, 4) is 62.5 Å². The maximum absolute atomic E-state index is 9.45. The van der Waals surface area contributed by atoms with Crippen LogP contribution in [0.1, 0.15) is 57.1 Å². The molecule has 0 aliphatic heterocycles. The van der Waals surface area contributed by atoms with Gasteiger partial charge in [-0.2, -0.15) is 5.26 Å². The van der Waals surface area contributed by atoms with Crippen molar-refractivity contribution in [1.29, 1.82) is 5.26 Å². The highest BCUT2D eigenvalue weighted by Crippen LogP contribution is 2.54. The Bertz CT molecular complexity index is 2760. The Kier molecular flexibility index (Phi) is 8.37. The maximum Gasteiger partial charge on any atom is 0.164 e. The third kappa shape index (κ3) is 6.26. The summed E-state index contributed by atoms with van der Waals surface area (Å²) in [6, 6.07) is 50.5. The van der Waals surface area contributed by atoms with E-state index >= 15 is 0 Å². The molecule has 2 unspecified atom stereocenters. The number of rotatable bonds is 6. The van der Waals surface area contributed by atoms with Gasteiger partial charge in [0.15, 0.2) is 17.5 Å². The Morgan fingerprint density at radius 3 is 1.79 bits per heavy atom. The summed E-state index contributed by atoms with van der Waals surface area (Å²) in [5.74, 6) is 4.29. The number of aromatic nitrogens is 3. The fourth-order valence-corrected chi connectivity index (χ4v) is 10.1. The van der Waals surface area contributed by atoms with Gasteiger partial charge in [0, 0.05) is 27.5 Å². The first-order valence-corrected chi connectivity index (χ1v) is 19.9. The van der Waals surface area contributed by atoms with Crippen molar-refractivity contribution < 1.29 is 4.42 Å². The molecule has 10 rings (SSSR count). The van der Waals surface area contributed by atoms with Gasteiger partial charge in [-0.15, -0.1) is 0 Å². The fraction of sp³-hybridized carbons (Fsp3) is 0.216. The largest absolute Gasteiger partial charge is 0.456 e. The zero-order chi connectivity index (χ0) is 37.8. The van der Waals surface area contributed by atoms with E-state index in [2.05, 4.69) is 135 Å². The number of fused-ring (bicyclic) bond motifs is 5. The molecule has 2 heterocycles. The number of benzene rings is 6. The second-order valence-corrected chi connectivity index (χ2v) is 16.5. The van der Waals surface area contributed by atoms with Crippen molar-refractivity contribution >= 4 is 21.9 Å². The minimum Gasteiger partial charge on any atom is -0.456 e. The topological polar surface area (TPSA) is 75.6 Å². The number of nitriles is 1. The van der Waals surface area contributed by atoms with Crippen molar-refractivity contribution in [3.63, 3.8) is 0 Å². The van der Waals surface area contributed by atoms with Crippen molar-refractivity contribution in [3.05, 3.63) is 151 Å². The van der Waals surface area contributed by atoms with Crippen LogP contribution < -0.4 is 0 Å². The highest BCUT2D eigenvalue weighted by Gasteiger charge is 2.45. The molecule has 0 amide bonds. The Morgan fingerprint density at radius 2 is 1.09 bits per heavy atom. The summed E-state index contributed by atoms with van der Waals surface area (Å²) < 4.78 is 6.23. The van der Waals surface area contributed by atoms with E-state index in [-0.39, 0.29) is 5.41 Å². The number of hydrogen-bond donors (Lipinski definition) is 0. The Hall–Kier alpha value is -6.38. The normalized spacial score (nSPS) is 20.6. The standard InChI is InChI=1S/C51H42N4O/c1-32-23-35-24-33(2)29-51(28-32,30-35)43-19-16-39(17-20-43)49-53-48(38-14-12-37(13-15-38)36-7-4-3-5-8-36)54-50(55-49)42-10-6-9-40(26-42)41-18-21-44-45-25-34(31-52)11-22-46(45)56-47(44)27-41/h3-22,25-27,32-33,35H,23-24,28-30H2,1-2H3/t32-,33+,35?,51?. The highest BCUT2D eigenvalue weighted by molar-refractivity contribution is 6.06. The summed E-state index contributed by atoms with van der Waals surface area (Å²) in [4.78, 5) is 15.4. The summed E-state index contributed by atoms with van der Waals surface area (Å²) >= 11 is 0. The molecular formula is C51H42N4O. The molecule has 6 aromatic carbocycles. The van der Waals surface area contributed by atoms with Gasteiger partial charge in [0.05, 0.1) is 11.6 Å². The molecule has 0 spiro atoms. The average Bonchev–Trinajstić information content (AvgIpc) is 3.60. The Balaban J connectivity index is 1.04. The Labute approximate surface area is 327 Å². The molecule has 0 saturated heterocycles. The van der Waals surface area contributed by atoms with E-state index in [9.17, 15) is 5.26 Å². The van der Waals surface area contributed by atoms with Gasteiger partial charge in [-0.3, -0.25) is 0 Å². The Morgan fingerprint density at radius 1 is 0.518 bits per heavy atom. The first-order valence-electron chi connectivity index (χ1n) is 19.9. The monoisotopic (exact) mass is 726 g/mol. The summed E-state index contributed by atoms with van der Waals surface area (Å²) in [6.45, 7) is 4.90. The van der Waals surface area contributed by atoms with Crippen LogP contribution >= 0.6 is 0 Å². The number of nitrogens with zero attached hydrogens (tertiary/aromatic N) is 4. The molecule has 2 aliphatic rings. The van der Waals surface area contributed by atoms with Gasteiger partial charge < -0.3 is 4.42 Å². The molecular weight excluding hydrogens is 685 g/mol. The molecule has 272 valence electrons. The van der Waals surface area contributed by atoms with Crippen LogP contribution in [0.4, 0.5) is 0 Å². The van der Waals surface area contributed by atoms with Crippen molar-refractivity contribution in [2.75, 3.05) is 0 Å².